The first-order chi connectivity index (χ1) is 13.6. The molecule has 3 rings (SSSR count). The number of hydrogen-bond donors (Lipinski definition) is 0. The number of ether oxygens (including phenoxy) is 4. The quantitative estimate of drug-likeness (QED) is 0.714. The van der Waals surface area contributed by atoms with Crippen LogP contribution in [0.1, 0.15) is 25.0 Å². The van der Waals surface area contributed by atoms with Gasteiger partial charge in [-0.05, 0) is 37.6 Å². The molecule has 6 nitrogen and oxygen atoms in total. The van der Waals surface area contributed by atoms with Gasteiger partial charge < -0.3 is 18.9 Å². The van der Waals surface area contributed by atoms with E-state index in [4.69, 9.17) is 18.9 Å². The van der Waals surface area contributed by atoms with Gasteiger partial charge in [-0.25, -0.2) is 9.59 Å². The molecule has 0 unspecified atom stereocenters. The first-order valence-electron chi connectivity index (χ1n) is 9.09. The maximum atomic E-state index is 12.9. The van der Waals surface area contributed by atoms with Crippen molar-refractivity contribution in [2.24, 2.45) is 0 Å². The summed E-state index contributed by atoms with van der Waals surface area (Å²) in [6.45, 7) is 3.75. The van der Waals surface area contributed by atoms with Crippen LogP contribution in [0.25, 0.3) is 5.57 Å². The van der Waals surface area contributed by atoms with Gasteiger partial charge >= 0.3 is 11.9 Å². The Morgan fingerprint density at radius 3 is 2.36 bits per heavy atom. The third kappa shape index (κ3) is 3.71. The fourth-order valence-corrected chi connectivity index (χ4v) is 3.11. The third-order valence-corrected chi connectivity index (χ3v) is 4.29. The van der Waals surface area contributed by atoms with Crippen LogP contribution in [-0.2, 0) is 19.1 Å². The first-order valence-corrected chi connectivity index (χ1v) is 9.09. The molecule has 0 spiro atoms. The number of carbonyl (C=O) groups is 2. The summed E-state index contributed by atoms with van der Waals surface area (Å²) in [4.78, 5) is 25.5. The Labute approximate surface area is 163 Å². The van der Waals surface area contributed by atoms with E-state index in [-0.39, 0.29) is 18.8 Å². The summed E-state index contributed by atoms with van der Waals surface area (Å²) in [5.41, 5.74) is 2.09. The number of fused-ring (bicyclic) bond motifs is 1. The van der Waals surface area contributed by atoms with Crippen molar-refractivity contribution < 1.29 is 28.5 Å². The van der Waals surface area contributed by atoms with Crippen molar-refractivity contribution in [3.05, 3.63) is 65.2 Å². The van der Waals surface area contributed by atoms with Crippen molar-refractivity contribution in [3.63, 3.8) is 0 Å². The molecule has 1 aliphatic rings. The second-order valence-corrected chi connectivity index (χ2v) is 5.99. The van der Waals surface area contributed by atoms with E-state index in [0.717, 1.165) is 5.56 Å². The number of hydrogen-bond acceptors (Lipinski definition) is 6. The summed E-state index contributed by atoms with van der Waals surface area (Å²) in [5, 5.41) is 0. The van der Waals surface area contributed by atoms with Gasteiger partial charge in [0.2, 0.25) is 6.10 Å². The fourth-order valence-electron chi connectivity index (χ4n) is 3.11. The molecule has 0 aromatic heterocycles. The van der Waals surface area contributed by atoms with Crippen molar-refractivity contribution in [1.82, 2.24) is 0 Å². The van der Waals surface area contributed by atoms with Gasteiger partial charge in [-0.15, -0.1) is 0 Å². The smallest absolute Gasteiger partial charge is 0.352 e. The van der Waals surface area contributed by atoms with Crippen LogP contribution in [0.5, 0.6) is 11.5 Å². The van der Waals surface area contributed by atoms with Crippen LogP contribution in [0.2, 0.25) is 0 Å². The summed E-state index contributed by atoms with van der Waals surface area (Å²) in [7, 11) is 1.56. The van der Waals surface area contributed by atoms with Crippen molar-refractivity contribution >= 4 is 17.5 Å². The molecule has 0 N–H and O–H groups in total. The largest absolute Gasteiger partial charge is 0.497 e. The second-order valence-electron chi connectivity index (χ2n) is 5.99. The Balaban J connectivity index is 2.30. The molecule has 1 aliphatic heterocycles. The average molecular weight is 382 g/mol. The molecular formula is C22H22O6. The molecule has 2 aromatic carbocycles. The molecule has 146 valence electrons. The monoisotopic (exact) mass is 382 g/mol. The topological polar surface area (TPSA) is 71.1 Å². The third-order valence-electron chi connectivity index (χ3n) is 4.29. The molecule has 2 aromatic rings. The lowest BCUT2D eigenvalue weighted by Crippen LogP contribution is -2.38. The molecular weight excluding hydrogens is 360 g/mol. The van der Waals surface area contributed by atoms with Gasteiger partial charge in [0, 0.05) is 11.1 Å². The SMILES string of the molecule is CCOC(=O)C1=C(c2ccccc2)c2cc(OC)ccc2O[C@H]1C(=O)OCC. The summed E-state index contributed by atoms with van der Waals surface area (Å²) < 4.78 is 21.6. The summed E-state index contributed by atoms with van der Waals surface area (Å²) in [5.74, 6) is -0.187. The molecule has 6 heteroatoms. The van der Waals surface area contributed by atoms with E-state index < -0.39 is 18.0 Å². The summed E-state index contributed by atoms with van der Waals surface area (Å²) >= 11 is 0. The maximum absolute atomic E-state index is 12.9. The van der Waals surface area contributed by atoms with Crippen LogP contribution in [0.4, 0.5) is 0 Å². The average Bonchev–Trinajstić information content (AvgIpc) is 2.72. The number of methoxy groups -OCH3 is 1. The number of esters is 2. The van der Waals surface area contributed by atoms with Gasteiger partial charge in [-0.2, -0.15) is 0 Å². The molecule has 0 aliphatic carbocycles. The zero-order chi connectivity index (χ0) is 20.1. The molecule has 1 heterocycles. The maximum Gasteiger partial charge on any atom is 0.352 e. The van der Waals surface area contributed by atoms with Crippen LogP contribution in [0, 0.1) is 0 Å². The Kier molecular flexibility index (Phi) is 5.99. The Morgan fingerprint density at radius 2 is 1.71 bits per heavy atom. The molecule has 0 saturated carbocycles. The van der Waals surface area contributed by atoms with Crippen LogP contribution < -0.4 is 9.47 Å². The standard InChI is InChI=1S/C22H22O6/c1-4-26-21(23)19-18(14-9-7-6-8-10-14)16-13-15(25-3)11-12-17(16)28-20(19)22(24)27-5-2/h6-13,20H,4-5H2,1-3H3/t20-/m1/s1. The number of carbonyl (C=O) groups excluding carboxylic acids is 2. The van der Waals surface area contributed by atoms with Gasteiger partial charge in [0.1, 0.15) is 11.5 Å². The van der Waals surface area contributed by atoms with E-state index in [1.54, 1.807) is 39.2 Å². The normalized spacial score (nSPS) is 15.3. The highest BCUT2D eigenvalue weighted by molar-refractivity contribution is 6.09. The number of benzene rings is 2. The zero-order valence-corrected chi connectivity index (χ0v) is 16.1. The second kappa shape index (κ2) is 8.61. The zero-order valence-electron chi connectivity index (χ0n) is 16.1. The van der Waals surface area contributed by atoms with Crippen molar-refractivity contribution in [2.75, 3.05) is 20.3 Å². The van der Waals surface area contributed by atoms with Gasteiger partial charge in [0.15, 0.2) is 0 Å². The molecule has 28 heavy (non-hydrogen) atoms. The molecule has 0 fully saturated rings. The van der Waals surface area contributed by atoms with E-state index >= 15 is 0 Å². The lowest BCUT2D eigenvalue weighted by molar-refractivity contribution is -0.153. The fraction of sp³-hybridized carbons (Fsp3) is 0.273. The van der Waals surface area contributed by atoms with Gasteiger partial charge in [-0.1, -0.05) is 30.3 Å². The minimum Gasteiger partial charge on any atom is -0.497 e. The highest BCUT2D eigenvalue weighted by atomic mass is 16.6. The summed E-state index contributed by atoms with van der Waals surface area (Å²) in [6.07, 6.45) is -1.21. The minimum absolute atomic E-state index is 0.118. The van der Waals surface area contributed by atoms with Crippen molar-refractivity contribution in [3.8, 4) is 11.5 Å². The summed E-state index contributed by atoms with van der Waals surface area (Å²) in [6, 6.07) is 14.6. The van der Waals surface area contributed by atoms with Gasteiger partial charge in [-0.3, -0.25) is 0 Å². The molecule has 0 radical (unpaired) electrons. The van der Waals surface area contributed by atoms with Crippen LogP contribution in [-0.4, -0.2) is 38.4 Å². The van der Waals surface area contributed by atoms with Crippen molar-refractivity contribution in [1.29, 1.82) is 0 Å². The van der Waals surface area contributed by atoms with E-state index in [2.05, 4.69) is 0 Å². The lowest BCUT2D eigenvalue weighted by Gasteiger charge is -2.29. The van der Waals surface area contributed by atoms with Crippen LogP contribution in [0.15, 0.2) is 54.1 Å². The van der Waals surface area contributed by atoms with Gasteiger partial charge in [0.05, 0.1) is 25.9 Å². The van der Waals surface area contributed by atoms with Crippen molar-refractivity contribution in [2.45, 2.75) is 20.0 Å². The van der Waals surface area contributed by atoms with E-state index in [1.165, 1.54) is 0 Å². The molecule has 0 saturated heterocycles. The highest BCUT2D eigenvalue weighted by Gasteiger charge is 2.40. The van der Waals surface area contributed by atoms with E-state index in [1.807, 2.05) is 30.3 Å². The van der Waals surface area contributed by atoms with Crippen LogP contribution >= 0.6 is 0 Å². The molecule has 1 atom stereocenters. The molecule has 0 amide bonds. The predicted molar refractivity (Wildman–Crippen MR) is 103 cm³/mol. The van der Waals surface area contributed by atoms with Gasteiger partial charge in [0.25, 0.3) is 0 Å². The number of rotatable bonds is 6. The van der Waals surface area contributed by atoms with E-state index in [9.17, 15) is 9.59 Å². The predicted octanol–water partition coefficient (Wildman–Crippen LogP) is 3.38. The Bertz CT molecular complexity index is 900. The molecule has 0 bridgehead atoms. The first kappa shape index (κ1) is 19.5. The Hall–Kier alpha value is -3.28. The van der Waals surface area contributed by atoms with E-state index in [0.29, 0.717) is 22.6 Å². The van der Waals surface area contributed by atoms with Crippen LogP contribution in [0.3, 0.4) is 0 Å². The lowest BCUT2D eigenvalue weighted by atomic mass is 9.87. The Morgan fingerprint density at radius 1 is 1.00 bits per heavy atom. The minimum atomic E-state index is -1.21. The highest BCUT2D eigenvalue weighted by Crippen LogP contribution is 2.42.